The van der Waals surface area contributed by atoms with Gasteiger partial charge in [0.1, 0.15) is 5.69 Å². The number of aromatic nitrogens is 4. The van der Waals surface area contributed by atoms with Gasteiger partial charge in [-0.25, -0.2) is 0 Å². The van der Waals surface area contributed by atoms with Gasteiger partial charge in [0.25, 0.3) is 0 Å². The molecular weight excluding hydrogens is 200 g/mol. The summed E-state index contributed by atoms with van der Waals surface area (Å²) >= 11 is 0. The molecule has 0 bridgehead atoms. The summed E-state index contributed by atoms with van der Waals surface area (Å²) in [7, 11) is 0. The first-order chi connectivity index (χ1) is 7.86. The summed E-state index contributed by atoms with van der Waals surface area (Å²) < 4.78 is 2.00. The summed E-state index contributed by atoms with van der Waals surface area (Å²) in [6, 6.07) is 11.7. The molecule has 16 heavy (non-hydrogen) atoms. The van der Waals surface area contributed by atoms with Crippen molar-refractivity contribution in [3.8, 4) is 11.5 Å². The van der Waals surface area contributed by atoms with Gasteiger partial charge < -0.3 is 0 Å². The second kappa shape index (κ2) is 3.41. The van der Waals surface area contributed by atoms with Crippen LogP contribution in [0.4, 0.5) is 0 Å². The Balaban J connectivity index is 2.33. The summed E-state index contributed by atoms with van der Waals surface area (Å²) in [5.41, 5.74) is 2.79. The molecule has 0 aromatic carbocycles. The smallest absolute Gasteiger partial charge is 0.187 e. The van der Waals surface area contributed by atoms with Crippen molar-refractivity contribution in [1.29, 1.82) is 0 Å². The lowest BCUT2D eigenvalue weighted by atomic mass is 10.3. The lowest BCUT2D eigenvalue weighted by Crippen LogP contribution is -1.94. The van der Waals surface area contributed by atoms with E-state index in [1.165, 1.54) is 0 Å². The van der Waals surface area contributed by atoms with Crippen molar-refractivity contribution in [3.05, 3.63) is 48.3 Å². The zero-order valence-corrected chi connectivity index (χ0v) is 8.83. The van der Waals surface area contributed by atoms with Crippen LogP contribution in [0, 0.1) is 6.92 Å². The van der Waals surface area contributed by atoms with Gasteiger partial charge >= 0.3 is 0 Å². The molecule has 0 atom stereocenters. The van der Waals surface area contributed by atoms with Crippen LogP contribution >= 0.6 is 0 Å². The van der Waals surface area contributed by atoms with E-state index in [1.54, 1.807) is 6.20 Å². The molecule has 0 spiro atoms. The molecule has 0 aliphatic rings. The lowest BCUT2D eigenvalue weighted by Gasteiger charge is -2.01. The maximum Gasteiger partial charge on any atom is 0.187 e. The normalized spacial score (nSPS) is 10.8. The second-order valence-electron chi connectivity index (χ2n) is 3.60. The Morgan fingerprint density at radius 1 is 1.00 bits per heavy atom. The Kier molecular flexibility index (Phi) is 1.93. The Hall–Kier alpha value is -2.23. The van der Waals surface area contributed by atoms with Gasteiger partial charge in [0.05, 0.1) is 0 Å². The van der Waals surface area contributed by atoms with Gasteiger partial charge in [-0.2, -0.15) is 0 Å². The molecular formula is C12H10N4. The average Bonchev–Trinajstić information content (AvgIpc) is 2.75. The molecule has 0 amide bonds. The fraction of sp³-hybridized carbons (Fsp3) is 0.0833. The number of hydrogen-bond acceptors (Lipinski definition) is 3. The summed E-state index contributed by atoms with van der Waals surface area (Å²) in [6.45, 7) is 2.03. The van der Waals surface area contributed by atoms with Crippen LogP contribution in [0.3, 0.4) is 0 Å². The zero-order chi connectivity index (χ0) is 11.0. The maximum atomic E-state index is 4.29. The van der Waals surface area contributed by atoms with E-state index < -0.39 is 0 Å². The zero-order valence-electron chi connectivity index (χ0n) is 8.83. The molecule has 3 aromatic rings. The Labute approximate surface area is 92.6 Å². The van der Waals surface area contributed by atoms with Crippen molar-refractivity contribution in [1.82, 2.24) is 19.6 Å². The van der Waals surface area contributed by atoms with E-state index in [9.17, 15) is 0 Å². The molecule has 0 radical (unpaired) electrons. The van der Waals surface area contributed by atoms with Crippen LogP contribution in [-0.2, 0) is 0 Å². The standard InChI is InChI=1S/C12H10N4/c1-9-5-4-7-11-14-15-12(16(9)11)10-6-2-3-8-13-10/h2-8H,1H3. The molecule has 3 rings (SSSR count). The summed E-state index contributed by atoms with van der Waals surface area (Å²) in [5.74, 6) is 0.786. The topological polar surface area (TPSA) is 43.1 Å². The molecule has 0 aliphatic carbocycles. The van der Waals surface area contributed by atoms with Crippen LogP contribution in [0.2, 0.25) is 0 Å². The molecule has 4 nitrogen and oxygen atoms in total. The summed E-state index contributed by atoms with van der Waals surface area (Å²) in [5, 5.41) is 8.31. The van der Waals surface area contributed by atoms with Gasteiger partial charge in [-0.05, 0) is 31.2 Å². The molecule has 78 valence electrons. The molecule has 4 heteroatoms. The summed E-state index contributed by atoms with van der Waals surface area (Å²) in [4.78, 5) is 4.29. The highest BCUT2D eigenvalue weighted by atomic mass is 15.3. The van der Waals surface area contributed by atoms with Crippen molar-refractivity contribution in [2.45, 2.75) is 6.92 Å². The van der Waals surface area contributed by atoms with Gasteiger partial charge in [0.15, 0.2) is 11.5 Å². The van der Waals surface area contributed by atoms with Crippen LogP contribution in [0.1, 0.15) is 5.69 Å². The predicted molar refractivity (Wildman–Crippen MR) is 61.0 cm³/mol. The minimum absolute atomic E-state index is 0.786. The Bertz CT molecular complexity index is 628. The maximum absolute atomic E-state index is 4.29. The van der Waals surface area contributed by atoms with E-state index in [0.29, 0.717) is 0 Å². The monoisotopic (exact) mass is 210 g/mol. The number of aryl methyl sites for hydroxylation is 1. The first kappa shape index (κ1) is 9.03. The van der Waals surface area contributed by atoms with Gasteiger partial charge in [-0.15, -0.1) is 10.2 Å². The number of fused-ring (bicyclic) bond motifs is 1. The summed E-state index contributed by atoms with van der Waals surface area (Å²) in [6.07, 6.45) is 1.76. The molecule has 0 N–H and O–H groups in total. The van der Waals surface area contributed by atoms with E-state index in [-0.39, 0.29) is 0 Å². The van der Waals surface area contributed by atoms with Gasteiger partial charge in [-0.3, -0.25) is 9.38 Å². The predicted octanol–water partition coefficient (Wildman–Crippen LogP) is 2.10. The third-order valence-corrected chi connectivity index (χ3v) is 2.52. The molecule has 0 saturated heterocycles. The van der Waals surface area contributed by atoms with Crippen molar-refractivity contribution in [3.63, 3.8) is 0 Å². The molecule has 0 aliphatic heterocycles. The number of rotatable bonds is 1. The highest BCUT2D eigenvalue weighted by Gasteiger charge is 2.09. The van der Waals surface area contributed by atoms with Crippen LogP contribution in [0.15, 0.2) is 42.6 Å². The minimum atomic E-state index is 0.786. The van der Waals surface area contributed by atoms with E-state index in [4.69, 9.17) is 0 Å². The largest absolute Gasteiger partial charge is 0.278 e. The first-order valence-electron chi connectivity index (χ1n) is 5.08. The van der Waals surface area contributed by atoms with Gasteiger partial charge in [0, 0.05) is 11.9 Å². The number of pyridine rings is 2. The molecule has 0 unspecified atom stereocenters. The second-order valence-corrected chi connectivity index (χ2v) is 3.60. The number of nitrogens with zero attached hydrogens (tertiary/aromatic N) is 4. The minimum Gasteiger partial charge on any atom is -0.278 e. The van der Waals surface area contributed by atoms with E-state index in [0.717, 1.165) is 22.9 Å². The highest BCUT2D eigenvalue weighted by Crippen LogP contribution is 2.16. The van der Waals surface area contributed by atoms with Gasteiger partial charge in [0.2, 0.25) is 0 Å². The van der Waals surface area contributed by atoms with Crippen LogP contribution < -0.4 is 0 Å². The van der Waals surface area contributed by atoms with Crippen molar-refractivity contribution in [2.75, 3.05) is 0 Å². The van der Waals surface area contributed by atoms with Crippen LogP contribution in [0.25, 0.3) is 17.2 Å². The lowest BCUT2D eigenvalue weighted by molar-refractivity contribution is 1.06. The van der Waals surface area contributed by atoms with Crippen LogP contribution in [-0.4, -0.2) is 19.6 Å². The Morgan fingerprint density at radius 3 is 2.75 bits per heavy atom. The van der Waals surface area contributed by atoms with Crippen LogP contribution in [0.5, 0.6) is 0 Å². The third-order valence-electron chi connectivity index (χ3n) is 2.52. The van der Waals surface area contributed by atoms with Crippen molar-refractivity contribution in [2.24, 2.45) is 0 Å². The van der Waals surface area contributed by atoms with E-state index >= 15 is 0 Å². The first-order valence-corrected chi connectivity index (χ1v) is 5.08. The SMILES string of the molecule is Cc1cccc2nnc(-c3ccccn3)n12. The van der Waals surface area contributed by atoms with Crippen molar-refractivity contribution < 1.29 is 0 Å². The molecule has 3 aromatic heterocycles. The molecule has 0 saturated carbocycles. The Morgan fingerprint density at radius 2 is 1.94 bits per heavy atom. The third kappa shape index (κ3) is 1.27. The van der Waals surface area contributed by atoms with Gasteiger partial charge in [-0.1, -0.05) is 12.1 Å². The quantitative estimate of drug-likeness (QED) is 0.617. The molecule has 3 heterocycles. The fourth-order valence-corrected chi connectivity index (χ4v) is 1.76. The highest BCUT2D eigenvalue weighted by molar-refractivity contribution is 5.55. The number of hydrogen-bond donors (Lipinski definition) is 0. The van der Waals surface area contributed by atoms with Crippen molar-refractivity contribution >= 4 is 5.65 Å². The molecule has 0 fully saturated rings. The van der Waals surface area contributed by atoms with E-state index in [2.05, 4.69) is 15.2 Å². The fourth-order valence-electron chi connectivity index (χ4n) is 1.76. The van der Waals surface area contributed by atoms with E-state index in [1.807, 2.05) is 47.7 Å². The average molecular weight is 210 g/mol.